The number of hydrazine groups is 2. The van der Waals surface area contributed by atoms with Crippen LogP contribution in [0.4, 0.5) is 23.2 Å². The fourth-order valence-electron chi connectivity index (χ4n) is 5.38. The van der Waals surface area contributed by atoms with E-state index in [4.69, 9.17) is 0 Å². The minimum absolute atomic E-state index is 0.00127. The molecule has 2 fully saturated rings. The molecule has 0 bridgehead atoms. The van der Waals surface area contributed by atoms with Crippen molar-refractivity contribution in [1.82, 2.24) is 26.3 Å². The monoisotopic (exact) mass is 508 g/mol. The van der Waals surface area contributed by atoms with Crippen LogP contribution < -0.4 is 27.0 Å². The molecule has 1 aliphatic carbocycles. The molecule has 3 heterocycles. The Morgan fingerprint density at radius 3 is 2.44 bits per heavy atom. The average Bonchev–Trinajstić information content (AvgIpc) is 3.49. The van der Waals surface area contributed by atoms with Gasteiger partial charge < -0.3 is 15.2 Å². The summed E-state index contributed by atoms with van der Waals surface area (Å²) in [6.07, 6.45) is -2.85. The SMILES string of the molecule is Cc1c(C(=O)C(=O)NC2(C3CNNN3)CC(F)(F)C2)c2n(c1C(=O)Nc1ccc(F)cc1)C[C@H](F)C2. The van der Waals surface area contributed by atoms with Crippen LogP contribution in [0.3, 0.4) is 0 Å². The lowest BCUT2D eigenvalue weighted by molar-refractivity contribution is -0.151. The zero-order valence-electron chi connectivity index (χ0n) is 19.2. The van der Waals surface area contributed by atoms with Crippen molar-refractivity contribution < 1.29 is 31.9 Å². The number of ketones is 1. The summed E-state index contributed by atoms with van der Waals surface area (Å²) in [5.74, 6) is -6.27. The third-order valence-corrected chi connectivity index (χ3v) is 6.98. The molecule has 1 unspecified atom stereocenters. The number of hydrogen-bond acceptors (Lipinski definition) is 6. The summed E-state index contributed by atoms with van der Waals surface area (Å²) in [7, 11) is 0. The second-order valence-corrected chi connectivity index (χ2v) is 9.52. The summed E-state index contributed by atoms with van der Waals surface area (Å²) in [6.45, 7) is 1.53. The Balaban J connectivity index is 1.43. The number of carbonyl (C=O) groups excluding carboxylic acids is 3. The predicted octanol–water partition coefficient (Wildman–Crippen LogP) is 1.53. The van der Waals surface area contributed by atoms with Crippen LogP contribution in [0.2, 0.25) is 0 Å². The van der Waals surface area contributed by atoms with Gasteiger partial charge in [-0.25, -0.2) is 28.4 Å². The van der Waals surface area contributed by atoms with Crippen molar-refractivity contribution in [2.75, 3.05) is 11.9 Å². The van der Waals surface area contributed by atoms with Crippen LogP contribution in [-0.2, 0) is 17.8 Å². The van der Waals surface area contributed by atoms with Crippen LogP contribution in [0.25, 0.3) is 0 Å². The number of anilines is 1. The number of nitrogens with zero attached hydrogens (tertiary/aromatic N) is 1. The molecule has 36 heavy (non-hydrogen) atoms. The fourth-order valence-corrected chi connectivity index (χ4v) is 5.38. The van der Waals surface area contributed by atoms with Crippen LogP contribution in [0.5, 0.6) is 0 Å². The van der Waals surface area contributed by atoms with Gasteiger partial charge in [-0.05, 0) is 36.8 Å². The van der Waals surface area contributed by atoms with Gasteiger partial charge in [0.05, 0.1) is 23.7 Å². The standard InChI is InChI=1S/C23H24F4N6O3/c1-11-17(19(34)21(36)30-22(9-23(26,27)10-22)16-7-28-32-31-16)15-6-13(25)8-33(15)18(11)20(35)29-14-4-2-12(24)3-5-14/h2-5,13,16,28,31-32H,6-10H2,1H3,(H,29,35)(H,30,36)/t13-,16?/m1/s1. The van der Waals surface area contributed by atoms with Gasteiger partial charge in [0, 0.05) is 37.2 Å². The Labute approximate surface area is 202 Å². The van der Waals surface area contributed by atoms with Gasteiger partial charge in [-0.2, -0.15) is 5.53 Å². The highest BCUT2D eigenvalue weighted by atomic mass is 19.3. The van der Waals surface area contributed by atoms with Crippen LogP contribution in [-0.4, -0.2) is 52.4 Å². The van der Waals surface area contributed by atoms with E-state index < -0.39 is 59.9 Å². The number of rotatable bonds is 6. The summed E-state index contributed by atoms with van der Waals surface area (Å²) in [5, 5.41) is 5.08. The molecular formula is C23H24F4N6O3. The molecule has 2 amide bonds. The summed E-state index contributed by atoms with van der Waals surface area (Å²) < 4.78 is 56.6. The van der Waals surface area contributed by atoms with E-state index in [1.54, 1.807) is 0 Å². The zero-order chi connectivity index (χ0) is 25.8. The fraction of sp³-hybridized carbons (Fsp3) is 0.435. The molecule has 5 N–H and O–H groups in total. The van der Waals surface area contributed by atoms with Crippen molar-refractivity contribution in [2.45, 2.75) is 56.4 Å². The van der Waals surface area contributed by atoms with Gasteiger partial charge in [-0.3, -0.25) is 14.4 Å². The molecule has 13 heteroatoms. The van der Waals surface area contributed by atoms with Gasteiger partial charge in [-0.15, -0.1) is 0 Å². The van der Waals surface area contributed by atoms with E-state index in [9.17, 15) is 31.9 Å². The zero-order valence-corrected chi connectivity index (χ0v) is 19.2. The molecule has 2 aromatic rings. The number of aromatic nitrogens is 1. The minimum atomic E-state index is -2.99. The Kier molecular flexibility index (Phi) is 5.88. The molecule has 2 aliphatic heterocycles. The van der Waals surface area contributed by atoms with Crippen molar-refractivity contribution in [3.63, 3.8) is 0 Å². The smallest absolute Gasteiger partial charge is 0.292 e. The van der Waals surface area contributed by atoms with E-state index in [1.165, 1.54) is 23.6 Å². The molecule has 3 aliphatic rings. The molecule has 0 spiro atoms. The highest BCUT2D eigenvalue weighted by Crippen LogP contribution is 2.47. The summed E-state index contributed by atoms with van der Waals surface area (Å²) in [6, 6.07) is 4.42. The Bertz CT molecular complexity index is 1230. The Hall–Kier alpha value is -3.29. The highest BCUT2D eigenvalue weighted by molar-refractivity contribution is 6.44. The molecule has 5 rings (SSSR count). The largest absolute Gasteiger partial charge is 0.342 e. The van der Waals surface area contributed by atoms with Gasteiger partial charge in [0.2, 0.25) is 0 Å². The second-order valence-electron chi connectivity index (χ2n) is 9.52. The lowest BCUT2D eigenvalue weighted by atomic mass is 9.68. The van der Waals surface area contributed by atoms with E-state index in [1.807, 2.05) is 0 Å². The maximum absolute atomic E-state index is 14.4. The molecule has 2 atom stereocenters. The van der Waals surface area contributed by atoms with Gasteiger partial charge in [-0.1, -0.05) is 0 Å². The normalized spacial score (nSPS) is 23.6. The topological polar surface area (TPSA) is 116 Å². The second kappa shape index (κ2) is 8.68. The van der Waals surface area contributed by atoms with Crippen LogP contribution >= 0.6 is 0 Å². The first-order valence-corrected chi connectivity index (χ1v) is 11.4. The minimum Gasteiger partial charge on any atom is -0.342 e. The maximum Gasteiger partial charge on any atom is 0.292 e. The molecule has 9 nitrogen and oxygen atoms in total. The summed E-state index contributed by atoms with van der Waals surface area (Å²) in [4.78, 5) is 39.4. The van der Waals surface area contributed by atoms with Crippen LogP contribution in [0.1, 0.15) is 44.9 Å². The lowest BCUT2D eigenvalue weighted by Gasteiger charge is -2.50. The van der Waals surface area contributed by atoms with Gasteiger partial charge in [0.25, 0.3) is 23.5 Å². The maximum atomic E-state index is 14.4. The first-order valence-electron chi connectivity index (χ1n) is 11.4. The number of hydrogen-bond donors (Lipinski definition) is 5. The molecule has 1 aromatic carbocycles. The number of amides is 2. The number of carbonyl (C=O) groups is 3. The molecule has 1 saturated carbocycles. The van der Waals surface area contributed by atoms with Crippen molar-refractivity contribution in [2.24, 2.45) is 0 Å². The summed E-state index contributed by atoms with van der Waals surface area (Å²) >= 11 is 0. The van der Waals surface area contributed by atoms with E-state index >= 15 is 0 Å². The lowest BCUT2D eigenvalue weighted by Crippen LogP contribution is -2.72. The molecular weight excluding hydrogens is 484 g/mol. The molecule has 192 valence electrons. The number of fused-ring (bicyclic) bond motifs is 1. The molecule has 0 radical (unpaired) electrons. The predicted molar refractivity (Wildman–Crippen MR) is 120 cm³/mol. The number of benzene rings is 1. The van der Waals surface area contributed by atoms with E-state index in [-0.39, 0.29) is 47.7 Å². The Morgan fingerprint density at radius 2 is 1.83 bits per heavy atom. The van der Waals surface area contributed by atoms with Crippen molar-refractivity contribution in [3.05, 3.63) is 52.6 Å². The van der Waals surface area contributed by atoms with Crippen molar-refractivity contribution in [1.29, 1.82) is 0 Å². The first kappa shape index (κ1) is 24.4. The van der Waals surface area contributed by atoms with Gasteiger partial charge in [0.15, 0.2) is 0 Å². The van der Waals surface area contributed by atoms with Crippen molar-refractivity contribution >= 4 is 23.3 Å². The van der Waals surface area contributed by atoms with Crippen LogP contribution in [0.15, 0.2) is 24.3 Å². The average molecular weight is 508 g/mol. The van der Waals surface area contributed by atoms with Crippen molar-refractivity contribution in [3.8, 4) is 0 Å². The third kappa shape index (κ3) is 4.16. The van der Waals surface area contributed by atoms with Gasteiger partial charge >= 0.3 is 0 Å². The van der Waals surface area contributed by atoms with E-state index in [0.29, 0.717) is 0 Å². The molecule has 1 saturated heterocycles. The number of alkyl halides is 3. The number of Topliss-reactive ketones (excluding diaryl/α,β-unsaturated/α-hetero) is 1. The van der Waals surface area contributed by atoms with E-state index in [0.717, 1.165) is 12.1 Å². The third-order valence-electron chi connectivity index (χ3n) is 6.98. The highest BCUT2D eigenvalue weighted by Gasteiger charge is 2.61. The Morgan fingerprint density at radius 1 is 1.14 bits per heavy atom. The van der Waals surface area contributed by atoms with Gasteiger partial charge in [0.1, 0.15) is 17.7 Å². The number of nitrogens with one attached hydrogen (secondary N) is 5. The first-order chi connectivity index (χ1) is 17.0. The quantitative estimate of drug-likeness (QED) is 0.230. The molecule has 1 aromatic heterocycles. The summed E-state index contributed by atoms with van der Waals surface area (Å²) in [5.41, 5.74) is 7.29. The number of halogens is 4. The van der Waals surface area contributed by atoms with Crippen LogP contribution in [0, 0.1) is 12.7 Å². The van der Waals surface area contributed by atoms with E-state index in [2.05, 4.69) is 27.0 Å².